The largest absolute Gasteiger partial charge is 0.481 e. The molecule has 0 aromatic carbocycles. The Morgan fingerprint density at radius 1 is 1.10 bits per heavy atom. The number of rotatable bonds is 6. The molecular weight excluding hydrogens is 270 g/mol. The van der Waals surface area contributed by atoms with Gasteiger partial charge in [0.1, 0.15) is 0 Å². The molecule has 6 heteroatoms. The molecule has 2 N–H and O–H groups in total. The summed E-state index contributed by atoms with van der Waals surface area (Å²) in [4.78, 5) is 27.4. The fraction of sp³-hybridized carbons (Fsp3) is 0.867. The zero-order valence-corrected chi connectivity index (χ0v) is 13.3. The Bertz CT molecular complexity index is 414. The van der Waals surface area contributed by atoms with Crippen LogP contribution in [0.25, 0.3) is 0 Å². The van der Waals surface area contributed by atoms with Gasteiger partial charge in [0.15, 0.2) is 0 Å². The van der Waals surface area contributed by atoms with Crippen LogP contribution in [0.1, 0.15) is 38.5 Å². The summed E-state index contributed by atoms with van der Waals surface area (Å²) < 4.78 is 0. The maximum Gasteiger partial charge on any atom is 0.317 e. The summed E-state index contributed by atoms with van der Waals surface area (Å²) in [7, 11) is 5.89. The number of likely N-dealkylation sites (N-methyl/N-ethyl adjacent to an activating group) is 2. The molecule has 0 radical (unpaired) electrons. The second-order valence-electron chi connectivity index (χ2n) is 6.93. The SMILES string of the molecule is CN(CC1(N(C)C)CCC1)C(=O)NCC1(C(=O)O)CCC1. The first-order valence-corrected chi connectivity index (χ1v) is 7.71. The van der Waals surface area contributed by atoms with Gasteiger partial charge in [-0.3, -0.25) is 4.79 Å². The van der Waals surface area contributed by atoms with E-state index in [-0.39, 0.29) is 18.1 Å². The molecule has 2 amide bonds. The van der Waals surface area contributed by atoms with Crippen LogP contribution in [0.5, 0.6) is 0 Å². The third-order valence-corrected chi connectivity index (χ3v) is 5.45. The number of aliphatic carboxylic acids is 1. The molecule has 0 heterocycles. The topological polar surface area (TPSA) is 72.9 Å². The van der Waals surface area contributed by atoms with E-state index in [0.717, 1.165) is 19.3 Å². The minimum absolute atomic E-state index is 0.0903. The van der Waals surface area contributed by atoms with Gasteiger partial charge in [0.05, 0.1) is 5.41 Å². The van der Waals surface area contributed by atoms with E-state index in [1.165, 1.54) is 6.42 Å². The molecule has 2 saturated carbocycles. The number of amides is 2. The quantitative estimate of drug-likeness (QED) is 0.776. The van der Waals surface area contributed by atoms with Gasteiger partial charge in [0.2, 0.25) is 0 Å². The summed E-state index contributed by atoms with van der Waals surface area (Å²) in [6.45, 7) is 0.923. The van der Waals surface area contributed by atoms with Crippen LogP contribution in [0.2, 0.25) is 0 Å². The summed E-state index contributed by atoms with van der Waals surface area (Å²) in [5.74, 6) is -0.791. The highest BCUT2D eigenvalue weighted by atomic mass is 16.4. The van der Waals surface area contributed by atoms with Gasteiger partial charge in [-0.25, -0.2) is 4.79 Å². The normalized spacial score (nSPS) is 22.1. The van der Waals surface area contributed by atoms with Crippen LogP contribution in [-0.2, 0) is 4.79 Å². The Labute approximate surface area is 126 Å². The van der Waals surface area contributed by atoms with E-state index in [0.29, 0.717) is 19.4 Å². The molecule has 120 valence electrons. The molecule has 21 heavy (non-hydrogen) atoms. The molecule has 0 bridgehead atoms. The standard InChI is InChI=1S/C15H27N3O3/c1-17(2)15(8-5-9-15)11-18(3)13(21)16-10-14(12(19)20)6-4-7-14/h4-11H2,1-3H3,(H,16,21)(H,19,20). The number of hydrogen-bond donors (Lipinski definition) is 2. The van der Waals surface area contributed by atoms with E-state index in [1.54, 1.807) is 11.9 Å². The third kappa shape index (κ3) is 3.00. The zero-order valence-electron chi connectivity index (χ0n) is 13.3. The molecule has 2 aliphatic rings. The van der Waals surface area contributed by atoms with E-state index in [1.807, 2.05) is 0 Å². The Morgan fingerprint density at radius 3 is 2.00 bits per heavy atom. The van der Waals surface area contributed by atoms with Crippen molar-refractivity contribution in [2.24, 2.45) is 5.41 Å². The number of carboxylic acid groups (broad SMARTS) is 1. The first kappa shape index (κ1) is 16.1. The average Bonchev–Trinajstić information content (AvgIpc) is 2.30. The smallest absolute Gasteiger partial charge is 0.317 e. The number of carbonyl (C=O) groups is 2. The van der Waals surface area contributed by atoms with Crippen molar-refractivity contribution in [3.05, 3.63) is 0 Å². The summed E-state index contributed by atoms with van der Waals surface area (Å²) in [6.07, 6.45) is 5.67. The van der Waals surface area contributed by atoms with Crippen LogP contribution in [0.15, 0.2) is 0 Å². The second kappa shape index (κ2) is 5.83. The van der Waals surface area contributed by atoms with Crippen molar-refractivity contribution >= 4 is 12.0 Å². The third-order valence-electron chi connectivity index (χ3n) is 5.45. The van der Waals surface area contributed by atoms with Gasteiger partial charge in [-0.15, -0.1) is 0 Å². The van der Waals surface area contributed by atoms with Crippen LogP contribution in [-0.4, -0.2) is 66.7 Å². The minimum Gasteiger partial charge on any atom is -0.481 e. The highest BCUT2D eigenvalue weighted by Gasteiger charge is 2.45. The molecule has 0 aromatic rings. The zero-order chi connectivity index (χ0) is 15.7. The highest BCUT2D eigenvalue weighted by Crippen LogP contribution is 2.40. The van der Waals surface area contributed by atoms with Gasteiger partial charge in [-0.05, 0) is 46.2 Å². The molecule has 2 aliphatic carbocycles. The van der Waals surface area contributed by atoms with Crippen molar-refractivity contribution in [1.29, 1.82) is 0 Å². The van der Waals surface area contributed by atoms with Crippen molar-refractivity contribution in [1.82, 2.24) is 15.1 Å². The maximum atomic E-state index is 12.2. The lowest BCUT2D eigenvalue weighted by Crippen LogP contribution is -2.59. The van der Waals surface area contributed by atoms with E-state index < -0.39 is 11.4 Å². The molecule has 0 saturated heterocycles. The van der Waals surface area contributed by atoms with E-state index in [2.05, 4.69) is 24.3 Å². The molecule has 0 aromatic heterocycles. The van der Waals surface area contributed by atoms with Crippen molar-refractivity contribution in [2.45, 2.75) is 44.1 Å². The molecule has 2 fully saturated rings. The maximum absolute atomic E-state index is 12.2. The first-order valence-electron chi connectivity index (χ1n) is 7.71. The molecule has 0 spiro atoms. The van der Waals surface area contributed by atoms with Crippen LogP contribution in [0, 0.1) is 5.41 Å². The summed E-state index contributed by atoms with van der Waals surface area (Å²) in [5.41, 5.74) is -0.640. The Kier molecular flexibility index (Phi) is 4.46. The van der Waals surface area contributed by atoms with E-state index >= 15 is 0 Å². The van der Waals surface area contributed by atoms with Crippen molar-refractivity contribution < 1.29 is 14.7 Å². The number of nitrogens with zero attached hydrogens (tertiary/aromatic N) is 2. The van der Waals surface area contributed by atoms with Crippen LogP contribution < -0.4 is 5.32 Å². The predicted molar refractivity (Wildman–Crippen MR) is 80.2 cm³/mol. The minimum atomic E-state index is -0.791. The molecule has 0 aliphatic heterocycles. The predicted octanol–water partition coefficient (Wildman–Crippen LogP) is 1.37. The number of carbonyl (C=O) groups excluding carboxylic acids is 1. The van der Waals surface area contributed by atoms with E-state index in [4.69, 9.17) is 0 Å². The van der Waals surface area contributed by atoms with Gasteiger partial charge in [-0.1, -0.05) is 6.42 Å². The summed E-state index contributed by atoms with van der Waals surface area (Å²) in [6, 6.07) is -0.171. The van der Waals surface area contributed by atoms with Crippen LogP contribution in [0.3, 0.4) is 0 Å². The van der Waals surface area contributed by atoms with Crippen LogP contribution in [0.4, 0.5) is 4.79 Å². The molecule has 0 atom stereocenters. The Morgan fingerprint density at radius 2 is 1.67 bits per heavy atom. The van der Waals surface area contributed by atoms with Gasteiger partial charge < -0.3 is 20.2 Å². The fourth-order valence-electron chi connectivity index (χ4n) is 3.29. The molecule has 0 unspecified atom stereocenters. The lowest BCUT2D eigenvalue weighted by atomic mass is 9.69. The highest BCUT2D eigenvalue weighted by molar-refractivity contribution is 5.78. The molecule has 2 rings (SSSR count). The first-order chi connectivity index (χ1) is 9.81. The lowest BCUT2D eigenvalue weighted by Gasteiger charge is -2.49. The number of nitrogens with one attached hydrogen (secondary N) is 1. The van der Waals surface area contributed by atoms with Crippen molar-refractivity contribution in [2.75, 3.05) is 34.2 Å². The summed E-state index contributed by atoms with van der Waals surface area (Å²) in [5, 5.41) is 12.1. The Hall–Kier alpha value is -1.30. The fourth-order valence-corrected chi connectivity index (χ4v) is 3.29. The lowest BCUT2D eigenvalue weighted by molar-refractivity contribution is -0.153. The second-order valence-corrected chi connectivity index (χ2v) is 6.93. The van der Waals surface area contributed by atoms with Gasteiger partial charge >= 0.3 is 12.0 Å². The van der Waals surface area contributed by atoms with Crippen molar-refractivity contribution in [3.8, 4) is 0 Å². The Balaban J connectivity index is 1.84. The number of urea groups is 1. The monoisotopic (exact) mass is 297 g/mol. The van der Waals surface area contributed by atoms with Gasteiger partial charge in [0.25, 0.3) is 0 Å². The number of hydrogen-bond acceptors (Lipinski definition) is 3. The van der Waals surface area contributed by atoms with Gasteiger partial charge in [0, 0.05) is 25.7 Å². The van der Waals surface area contributed by atoms with E-state index in [9.17, 15) is 14.7 Å². The van der Waals surface area contributed by atoms with Crippen molar-refractivity contribution in [3.63, 3.8) is 0 Å². The summed E-state index contributed by atoms with van der Waals surface area (Å²) >= 11 is 0. The molecule has 6 nitrogen and oxygen atoms in total. The van der Waals surface area contributed by atoms with Gasteiger partial charge in [-0.2, -0.15) is 0 Å². The molecular formula is C15H27N3O3. The number of carboxylic acids is 1. The average molecular weight is 297 g/mol. The van der Waals surface area contributed by atoms with Crippen LogP contribution >= 0.6 is 0 Å².